The Labute approximate surface area is 408 Å². The molecule has 0 amide bonds. The summed E-state index contributed by atoms with van der Waals surface area (Å²) < 4.78 is 7.30. The third kappa shape index (κ3) is 6.10. The van der Waals surface area contributed by atoms with E-state index in [0.29, 0.717) is 0 Å². The first kappa shape index (κ1) is 44.0. The Kier molecular flexibility index (Phi) is 8.64. The number of hydrogen-bond acceptors (Lipinski definition) is 3. The van der Waals surface area contributed by atoms with Gasteiger partial charge in [0, 0.05) is 34.5 Å². The Morgan fingerprint density at radius 3 is 1.35 bits per heavy atom. The number of nitrogens with zero attached hydrogens (tertiary/aromatic N) is 2. The highest BCUT2D eigenvalue weighted by molar-refractivity contribution is 6.99. The van der Waals surface area contributed by atoms with Crippen molar-refractivity contribution in [2.75, 3.05) is 9.80 Å². The summed E-state index contributed by atoms with van der Waals surface area (Å²) in [6.45, 7) is 39.1. The molecule has 2 heterocycles. The van der Waals surface area contributed by atoms with Crippen LogP contribution in [-0.4, -0.2) is 6.71 Å². The molecule has 0 N–H and O–H groups in total. The fraction of sp³-hybridized carbons (Fsp3) is 0.438. The second-order valence-corrected chi connectivity index (χ2v) is 27.5. The molecule has 6 aromatic carbocycles. The fourth-order valence-electron chi connectivity index (χ4n) is 16.3. The minimum Gasteiger partial charge on any atom is -0.458 e. The molecule has 0 fully saturated rings. The van der Waals surface area contributed by atoms with Crippen LogP contribution in [0.25, 0.3) is 0 Å². The van der Waals surface area contributed by atoms with Crippen molar-refractivity contribution in [1.29, 1.82) is 0 Å². The van der Waals surface area contributed by atoms with Crippen LogP contribution in [0.4, 0.5) is 34.1 Å². The molecule has 6 aliphatic rings. The van der Waals surface area contributed by atoms with E-state index in [0.717, 1.165) is 42.9 Å². The minimum atomic E-state index is 0.0133. The lowest BCUT2D eigenvalue weighted by Gasteiger charge is -2.42. The summed E-state index contributed by atoms with van der Waals surface area (Å²) in [5.41, 5.74) is 23.4. The van der Waals surface area contributed by atoms with Crippen LogP contribution >= 0.6 is 0 Å². The third-order valence-electron chi connectivity index (χ3n) is 18.2. The van der Waals surface area contributed by atoms with E-state index in [1.54, 1.807) is 0 Å². The number of fused-ring (bicyclic) bond motifs is 8. The number of para-hydroxylation sites is 1. The van der Waals surface area contributed by atoms with Crippen molar-refractivity contribution in [2.24, 2.45) is 0 Å². The van der Waals surface area contributed by atoms with Crippen molar-refractivity contribution in [2.45, 2.75) is 180 Å². The first-order valence-electron chi connectivity index (χ1n) is 25.8. The smallest absolute Gasteiger partial charge is 0.256 e. The van der Waals surface area contributed by atoms with Crippen LogP contribution in [0.5, 0.6) is 11.5 Å². The number of hydrogen-bond donors (Lipinski definition) is 0. The molecule has 4 aliphatic carbocycles. The monoisotopic (exact) mass is 897 g/mol. The standard InChI is InChI=1S/C64H73BN2O/c1-57(2)34-60(7,8)45-27-38(21-24-42(45)57)66(39-22-25-43-46(28-39)61(9,10)35-58(43,3)4)41-30-53-56-55(31-41)68-54-20-18-17-19-50(54)65(56)51-32-48-49(64(15,16)37-63(48,13)14)33-52(51)67(53)40-23-26-44-47(29-40)62(11,12)36-59(44,5)6/h17-33H,34-37H2,1-16H3. The number of rotatable bonds is 4. The van der Waals surface area contributed by atoms with Gasteiger partial charge in [-0.15, -0.1) is 0 Å². The lowest BCUT2D eigenvalue weighted by molar-refractivity contribution is 0.402. The van der Waals surface area contributed by atoms with E-state index in [9.17, 15) is 0 Å². The van der Waals surface area contributed by atoms with Gasteiger partial charge in [-0.25, -0.2) is 0 Å². The molecule has 0 atom stereocenters. The SMILES string of the molecule is CC1(C)CC(C)(C)c2cc(N(c3cc4c5c(c3)N(c3ccc6c(c3)C(C)(C)CC6(C)C)c3cc6c(cc3B5c3ccccc3O4)C(C)(C)CC6(C)C)c3ccc4c(c3)C(C)(C)CC4(C)C)ccc21. The number of ether oxygens (including phenoxy) is 1. The average molecular weight is 897 g/mol. The number of benzene rings is 6. The Balaban J connectivity index is 1.17. The van der Waals surface area contributed by atoms with E-state index in [1.165, 1.54) is 89.3 Å². The highest BCUT2D eigenvalue weighted by atomic mass is 16.5. The van der Waals surface area contributed by atoms with Gasteiger partial charge in [0.25, 0.3) is 6.71 Å². The Morgan fingerprint density at radius 1 is 0.382 bits per heavy atom. The van der Waals surface area contributed by atoms with Crippen LogP contribution in [0.2, 0.25) is 0 Å². The lowest BCUT2D eigenvalue weighted by Crippen LogP contribution is -2.59. The molecule has 348 valence electrons. The van der Waals surface area contributed by atoms with Gasteiger partial charge in [0.1, 0.15) is 11.5 Å². The van der Waals surface area contributed by atoms with Crippen molar-refractivity contribution in [3.8, 4) is 11.5 Å². The highest BCUT2D eigenvalue weighted by Crippen LogP contribution is 2.57. The van der Waals surface area contributed by atoms with Gasteiger partial charge in [0.05, 0.1) is 5.69 Å². The van der Waals surface area contributed by atoms with Gasteiger partial charge in [-0.05, 0) is 184 Å². The molecule has 3 nitrogen and oxygen atoms in total. The van der Waals surface area contributed by atoms with Crippen molar-refractivity contribution in [3.63, 3.8) is 0 Å². The first-order chi connectivity index (χ1) is 31.6. The van der Waals surface area contributed by atoms with Crippen LogP contribution in [0.15, 0.2) is 103 Å². The zero-order valence-corrected chi connectivity index (χ0v) is 44.0. The average Bonchev–Trinajstić information content (AvgIpc) is 3.72. The van der Waals surface area contributed by atoms with Crippen LogP contribution in [0, 0.1) is 0 Å². The van der Waals surface area contributed by atoms with E-state index in [4.69, 9.17) is 4.74 Å². The maximum absolute atomic E-state index is 7.30. The Hall–Kier alpha value is -5.22. The molecule has 0 spiro atoms. The van der Waals surface area contributed by atoms with E-state index in [-0.39, 0.29) is 50.0 Å². The predicted molar refractivity (Wildman–Crippen MR) is 290 cm³/mol. The second-order valence-electron chi connectivity index (χ2n) is 27.5. The van der Waals surface area contributed by atoms with Crippen LogP contribution in [0.3, 0.4) is 0 Å². The maximum atomic E-state index is 7.30. The largest absolute Gasteiger partial charge is 0.458 e. The summed E-state index contributed by atoms with van der Waals surface area (Å²) in [6, 6.07) is 41.2. The van der Waals surface area contributed by atoms with Gasteiger partial charge in [0.2, 0.25) is 0 Å². The van der Waals surface area contributed by atoms with E-state index < -0.39 is 0 Å². The van der Waals surface area contributed by atoms with Gasteiger partial charge >= 0.3 is 0 Å². The molecule has 0 saturated carbocycles. The molecule has 0 bridgehead atoms. The molecule has 0 aromatic heterocycles. The van der Waals surface area contributed by atoms with Gasteiger partial charge in [0.15, 0.2) is 0 Å². The molecule has 4 heteroatoms. The van der Waals surface area contributed by atoms with Crippen molar-refractivity contribution >= 4 is 57.2 Å². The van der Waals surface area contributed by atoms with Crippen LogP contribution in [0.1, 0.15) is 181 Å². The summed E-state index contributed by atoms with van der Waals surface area (Å²) in [7, 11) is 0. The topological polar surface area (TPSA) is 15.7 Å². The molecule has 12 rings (SSSR count). The maximum Gasteiger partial charge on any atom is 0.256 e. The summed E-state index contributed by atoms with van der Waals surface area (Å²) in [5.74, 6) is 1.89. The van der Waals surface area contributed by atoms with Gasteiger partial charge in [-0.1, -0.05) is 153 Å². The van der Waals surface area contributed by atoms with Crippen molar-refractivity contribution < 1.29 is 4.74 Å². The fourth-order valence-corrected chi connectivity index (χ4v) is 16.3. The summed E-state index contributed by atoms with van der Waals surface area (Å²) >= 11 is 0. The van der Waals surface area contributed by atoms with Gasteiger partial charge in [-0.3, -0.25) is 0 Å². The molecule has 6 aromatic rings. The molecular formula is C64H73BN2O. The Bertz CT molecular complexity index is 3110. The third-order valence-corrected chi connectivity index (χ3v) is 18.2. The van der Waals surface area contributed by atoms with Crippen molar-refractivity contribution in [3.05, 3.63) is 148 Å². The molecule has 0 radical (unpaired) electrons. The molecular weight excluding hydrogens is 824 g/mol. The predicted octanol–water partition coefficient (Wildman–Crippen LogP) is 15.4. The molecule has 68 heavy (non-hydrogen) atoms. The van der Waals surface area contributed by atoms with Crippen LogP contribution < -0.4 is 30.9 Å². The summed E-state index contributed by atoms with van der Waals surface area (Å²) in [6.07, 6.45) is 4.49. The zero-order chi connectivity index (χ0) is 48.3. The van der Waals surface area contributed by atoms with Crippen LogP contribution in [-0.2, 0) is 43.3 Å². The zero-order valence-electron chi connectivity index (χ0n) is 44.0. The quantitative estimate of drug-likeness (QED) is 0.164. The highest BCUT2D eigenvalue weighted by Gasteiger charge is 2.50. The Morgan fingerprint density at radius 2 is 0.824 bits per heavy atom. The van der Waals surface area contributed by atoms with E-state index in [1.807, 2.05) is 0 Å². The molecule has 0 unspecified atom stereocenters. The minimum absolute atomic E-state index is 0.0133. The summed E-state index contributed by atoms with van der Waals surface area (Å²) in [4.78, 5) is 5.21. The van der Waals surface area contributed by atoms with E-state index >= 15 is 0 Å². The molecule has 0 saturated heterocycles. The normalized spacial score (nSPS) is 22.0. The van der Waals surface area contributed by atoms with Gasteiger partial charge in [-0.2, -0.15) is 0 Å². The second kappa shape index (κ2) is 13.3. The lowest BCUT2D eigenvalue weighted by atomic mass is 9.34. The van der Waals surface area contributed by atoms with Crippen molar-refractivity contribution in [1.82, 2.24) is 0 Å². The van der Waals surface area contributed by atoms with E-state index in [2.05, 4.69) is 224 Å². The molecule has 2 aliphatic heterocycles. The number of anilines is 6. The summed E-state index contributed by atoms with van der Waals surface area (Å²) in [5, 5.41) is 0. The van der Waals surface area contributed by atoms with Gasteiger partial charge < -0.3 is 14.5 Å². The first-order valence-corrected chi connectivity index (χ1v) is 25.8.